The summed E-state index contributed by atoms with van der Waals surface area (Å²) < 4.78 is 0. The van der Waals surface area contributed by atoms with Crippen molar-refractivity contribution in [1.82, 2.24) is 10.2 Å². The van der Waals surface area contributed by atoms with Crippen molar-refractivity contribution in [3.8, 4) is 0 Å². The molecule has 1 aliphatic heterocycles. The van der Waals surface area contributed by atoms with Gasteiger partial charge in [-0.2, -0.15) is 0 Å². The quantitative estimate of drug-likeness (QED) is 0.617. The SMILES string of the molecule is Cc1ccc(CCCCNC(=O)CN2C(=O)c3ccccc3C2=O)cc1. The van der Waals surface area contributed by atoms with Crippen LogP contribution in [0.15, 0.2) is 48.5 Å². The zero-order valence-electron chi connectivity index (χ0n) is 14.8. The number of nitrogens with one attached hydrogen (secondary N) is 1. The third-order valence-electron chi connectivity index (χ3n) is 4.51. The lowest BCUT2D eigenvalue weighted by Gasteiger charge is -2.13. The Morgan fingerprint density at radius 1 is 0.923 bits per heavy atom. The van der Waals surface area contributed by atoms with Crippen LogP contribution >= 0.6 is 0 Å². The molecule has 5 nitrogen and oxygen atoms in total. The Kier molecular flexibility index (Phi) is 5.46. The van der Waals surface area contributed by atoms with Gasteiger partial charge >= 0.3 is 0 Å². The lowest BCUT2D eigenvalue weighted by molar-refractivity contribution is -0.121. The molecule has 5 heteroatoms. The molecule has 0 aliphatic carbocycles. The normalized spacial score (nSPS) is 13.0. The van der Waals surface area contributed by atoms with Gasteiger partial charge in [0.1, 0.15) is 6.54 Å². The number of carbonyl (C=O) groups is 3. The number of hydrogen-bond acceptors (Lipinski definition) is 3. The molecule has 134 valence electrons. The highest BCUT2D eigenvalue weighted by atomic mass is 16.2. The van der Waals surface area contributed by atoms with E-state index in [9.17, 15) is 14.4 Å². The molecular weight excluding hydrogens is 328 g/mol. The Balaban J connectivity index is 1.40. The third-order valence-corrected chi connectivity index (χ3v) is 4.51. The number of rotatable bonds is 7. The molecule has 0 bridgehead atoms. The van der Waals surface area contributed by atoms with E-state index >= 15 is 0 Å². The monoisotopic (exact) mass is 350 g/mol. The van der Waals surface area contributed by atoms with E-state index in [2.05, 4.69) is 36.5 Å². The summed E-state index contributed by atoms with van der Waals surface area (Å²) in [4.78, 5) is 37.5. The van der Waals surface area contributed by atoms with Crippen LogP contribution in [0, 0.1) is 6.92 Å². The van der Waals surface area contributed by atoms with Crippen LogP contribution in [0.4, 0.5) is 0 Å². The minimum atomic E-state index is -0.403. The summed E-state index contributed by atoms with van der Waals surface area (Å²) in [5.74, 6) is -1.12. The molecule has 0 unspecified atom stereocenters. The van der Waals surface area contributed by atoms with Gasteiger partial charge in [-0.3, -0.25) is 19.3 Å². The van der Waals surface area contributed by atoms with Gasteiger partial charge in [-0.25, -0.2) is 0 Å². The molecule has 2 aromatic rings. The van der Waals surface area contributed by atoms with E-state index in [-0.39, 0.29) is 12.5 Å². The molecule has 0 atom stereocenters. The summed E-state index contributed by atoms with van der Waals surface area (Å²) in [6.45, 7) is 2.37. The number of imide groups is 1. The van der Waals surface area contributed by atoms with E-state index in [4.69, 9.17) is 0 Å². The van der Waals surface area contributed by atoms with Crippen molar-refractivity contribution in [3.63, 3.8) is 0 Å². The number of benzene rings is 2. The largest absolute Gasteiger partial charge is 0.355 e. The third kappa shape index (κ3) is 3.99. The fourth-order valence-corrected chi connectivity index (χ4v) is 3.02. The van der Waals surface area contributed by atoms with Crippen molar-refractivity contribution in [2.45, 2.75) is 26.2 Å². The van der Waals surface area contributed by atoms with Gasteiger partial charge in [0.2, 0.25) is 5.91 Å². The van der Waals surface area contributed by atoms with E-state index in [1.54, 1.807) is 24.3 Å². The number of fused-ring (bicyclic) bond motifs is 1. The van der Waals surface area contributed by atoms with Gasteiger partial charge in [0.05, 0.1) is 11.1 Å². The second kappa shape index (κ2) is 7.95. The first kappa shape index (κ1) is 17.9. The number of carbonyl (C=O) groups excluding carboxylic acids is 3. The highest BCUT2D eigenvalue weighted by Crippen LogP contribution is 2.21. The number of unbranched alkanes of at least 4 members (excludes halogenated alkanes) is 1. The van der Waals surface area contributed by atoms with Crippen molar-refractivity contribution in [1.29, 1.82) is 0 Å². The average Bonchev–Trinajstić information content (AvgIpc) is 2.88. The summed E-state index contributed by atoms with van der Waals surface area (Å²) in [5, 5.41) is 2.79. The van der Waals surface area contributed by atoms with Crippen molar-refractivity contribution >= 4 is 17.7 Å². The molecule has 0 saturated carbocycles. The topological polar surface area (TPSA) is 66.5 Å². The Labute approximate surface area is 153 Å². The summed E-state index contributed by atoms with van der Waals surface area (Å²) in [6, 6.07) is 15.1. The van der Waals surface area contributed by atoms with E-state index in [0.29, 0.717) is 17.7 Å². The minimum absolute atomic E-state index is 0.232. The Morgan fingerprint density at radius 2 is 1.54 bits per heavy atom. The second-order valence-corrected chi connectivity index (χ2v) is 6.53. The Hall–Kier alpha value is -2.95. The minimum Gasteiger partial charge on any atom is -0.355 e. The Bertz CT molecular complexity index is 792. The molecule has 1 heterocycles. The van der Waals surface area contributed by atoms with E-state index in [1.807, 2.05) is 0 Å². The lowest BCUT2D eigenvalue weighted by Crippen LogP contribution is -2.40. The fourth-order valence-electron chi connectivity index (χ4n) is 3.02. The first-order valence-electron chi connectivity index (χ1n) is 8.84. The number of amides is 3. The number of aryl methyl sites for hydroxylation is 2. The van der Waals surface area contributed by atoms with Gasteiger partial charge in [0.15, 0.2) is 0 Å². The van der Waals surface area contributed by atoms with E-state index in [0.717, 1.165) is 24.2 Å². The van der Waals surface area contributed by atoms with Crippen LogP contribution in [0.1, 0.15) is 44.7 Å². The molecule has 0 spiro atoms. The second-order valence-electron chi connectivity index (χ2n) is 6.53. The highest BCUT2D eigenvalue weighted by Gasteiger charge is 2.36. The summed E-state index contributed by atoms with van der Waals surface area (Å²) in [6.07, 6.45) is 2.78. The Morgan fingerprint density at radius 3 is 2.15 bits per heavy atom. The van der Waals surface area contributed by atoms with E-state index < -0.39 is 11.8 Å². The van der Waals surface area contributed by atoms with Gasteiger partial charge in [0, 0.05) is 6.54 Å². The standard InChI is InChI=1S/C21H22N2O3/c1-15-9-11-16(12-10-15)6-4-5-13-22-19(24)14-23-20(25)17-7-2-3-8-18(17)21(23)26/h2-3,7-12H,4-6,13-14H2,1H3,(H,22,24). The van der Waals surface area contributed by atoms with Gasteiger partial charge < -0.3 is 5.32 Å². The van der Waals surface area contributed by atoms with Gasteiger partial charge in [0.25, 0.3) is 11.8 Å². The lowest BCUT2D eigenvalue weighted by atomic mass is 10.1. The van der Waals surface area contributed by atoms with Crippen LogP contribution in [0.25, 0.3) is 0 Å². The molecule has 1 N–H and O–H groups in total. The summed E-state index contributed by atoms with van der Waals surface area (Å²) in [5.41, 5.74) is 3.26. The smallest absolute Gasteiger partial charge is 0.262 e. The summed E-state index contributed by atoms with van der Waals surface area (Å²) >= 11 is 0. The first-order valence-corrected chi connectivity index (χ1v) is 8.84. The zero-order valence-corrected chi connectivity index (χ0v) is 14.8. The van der Waals surface area contributed by atoms with Gasteiger partial charge in [-0.15, -0.1) is 0 Å². The van der Waals surface area contributed by atoms with Crippen LogP contribution in [0.2, 0.25) is 0 Å². The zero-order chi connectivity index (χ0) is 18.5. The molecule has 3 amide bonds. The molecule has 26 heavy (non-hydrogen) atoms. The predicted octanol–water partition coefficient (Wildman–Crippen LogP) is 2.73. The number of nitrogens with zero attached hydrogens (tertiary/aromatic N) is 1. The molecule has 0 fully saturated rings. The molecule has 2 aromatic carbocycles. The molecule has 1 aliphatic rings. The molecule has 0 radical (unpaired) electrons. The predicted molar refractivity (Wildman–Crippen MR) is 98.9 cm³/mol. The van der Waals surface area contributed by atoms with Crippen LogP contribution in [-0.4, -0.2) is 35.7 Å². The maximum Gasteiger partial charge on any atom is 0.262 e. The highest BCUT2D eigenvalue weighted by molar-refractivity contribution is 6.22. The van der Waals surface area contributed by atoms with Crippen molar-refractivity contribution in [3.05, 3.63) is 70.8 Å². The van der Waals surface area contributed by atoms with Crippen molar-refractivity contribution < 1.29 is 14.4 Å². The molecule has 3 rings (SSSR count). The van der Waals surface area contributed by atoms with E-state index in [1.165, 1.54) is 11.1 Å². The van der Waals surface area contributed by atoms with Gasteiger partial charge in [-0.05, 0) is 43.9 Å². The number of hydrogen-bond donors (Lipinski definition) is 1. The van der Waals surface area contributed by atoms with Crippen molar-refractivity contribution in [2.75, 3.05) is 13.1 Å². The molecule has 0 saturated heterocycles. The van der Waals surface area contributed by atoms with Crippen LogP contribution < -0.4 is 5.32 Å². The molecular formula is C21H22N2O3. The van der Waals surface area contributed by atoms with Crippen molar-refractivity contribution in [2.24, 2.45) is 0 Å². The molecule has 0 aromatic heterocycles. The fraction of sp³-hybridized carbons (Fsp3) is 0.286. The average molecular weight is 350 g/mol. The first-order chi connectivity index (χ1) is 12.6. The summed E-state index contributed by atoms with van der Waals surface area (Å²) in [7, 11) is 0. The van der Waals surface area contributed by atoms with Gasteiger partial charge in [-0.1, -0.05) is 42.0 Å². The van der Waals surface area contributed by atoms with Crippen LogP contribution in [0.5, 0.6) is 0 Å². The maximum absolute atomic E-state index is 12.2. The maximum atomic E-state index is 12.2. The van der Waals surface area contributed by atoms with Crippen LogP contribution in [-0.2, 0) is 11.2 Å². The van der Waals surface area contributed by atoms with Crippen LogP contribution in [0.3, 0.4) is 0 Å².